The van der Waals surface area contributed by atoms with Gasteiger partial charge in [-0.3, -0.25) is 0 Å². The van der Waals surface area contributed by atoms with Crippen LogP contribution in [-0.2, 0) is 4.74 Å². The minimum Gasteiger partial charge on any atom is -0.373 e. The molecule has 0 bridgehead atoms. The number of halogens is 2. The lowest BCUT2D eigenvalue weighted by atomic mass is 9.98. The highest BCUT2D eigenvalue weighted by atomic mass is 19.1. The Morgan fingerprint density at radius 3 is 2.41 bits per heavy atom. The van der Waals surface area contributed by atoms with Gasteiger partial charge in [0.25, 0.3) is 0 Å². The summed E-state index contributed by atoms with van der Waals surface area (Å²) in [4.78, 5) is 0. The average Bonchev–Trinajstić information content (AvgIpc) is 2.70. The van der Waals surface area contributed by atoms with E-state index in [1.54, 1.807) is 7.05 Å². The first-order chi connectivity index (χ1) is 8.13. The summed E-state index contributed by atoms with van der Waals surface area (Å²) < 4.78 is 33.1. The van der Waals surface area contributed by atoms with Crippen molar-refractivity contribution in [1.29, 1.82) is 0 Å². The van der Waals surface area contributed by atoms with Crippen LogP contribution in [-0.4, -0.2) is 19.3 Å². The standard InChI is InChI=1S/C13H17F2NO/c1-8-6-7-11(17-8)13(16-2)12-9(14)4-3-5-10(12)15/h3-5,8,11,13,16H,6-7H2,1-2H3. The van der Waals surface area contributed by atoms with Crippen molar-refractivity contribution in [3.63, 3.8) is 0 Å². The molecule has 1 saturated heterocycles. The van der Waals surface area contributed by atoms with Crippen molar-refractivity contribution in [2.24, 2.45) is 0 Å². The predicted octanol–water partition coefficient (Wildman–Crippen LogP) is 2.79. The van der Waals surface area contributed by atoms with E-state index in [1.807, 2.05) is 6.92 Å². The summed E-state index contributed by atoms with van der Waals surface area (Å²) >= 11 is 0. The van der Waals surface area contributed by atoms with E-state index in [4.69, 9.17) is 4.74 Å². The molecule has 3 unspecified atom stereocenters. The van der Waals surface area contributed by atoms with Crippen LogP contribution in [0.4, 0.5) is 8.78 Å². The molecule has 1 heterocycles. The van der Waals surface area contributed by atoms with Crippen LogP contribution in [0.1, 0.15) is 31.4 Å². The second-order valence-corrected chi connectivity index (χ2v) is 4.46. The molecule has 0 spiro atoms. The van der Waals surface area contributed by atoms with Gasteiger partial charge in [-0.05, 0) is 38.9 Å². The first kappa shape index (κ1) is 12.5. The number of rotatable bonds is 3. The number of benzene rings is 1. The smallest absolute Gasteiger partial charge is 0.131 e. The Kier molecular flexibility index (Phi) is 3.74. The molecule has 17 heavy (non-hydrogen) atoms. The van der Waals surface area contributed by atoms with Crippen molar-refractivity contribution >= 4 is 0 Å². The quantitative estimate of drug-likeness (QED) is 0.878. The third kappa shape index (κ3) is 2.48. The van der Waals surface area contributed by atoms with Crippen LogP contribution in [0, 0.1) is 11.6 Å². The molecule has 1 aromatic rings. The number of hydrogen-bond donors (Lipinski definition) is 1. The Hall–Kier alpha value is -1.00. The molecule has 1 aromatic carbocycles. The Morgan fingerprint density at radius 1 is 1.29 bits per heavy atom. The minimum absolute atomic E-state index is 0.0779. The molecule has 3 atom stereocenters. The molecular weight excluding hydrogens is 224 g/mol. The van der Waals surface area contributed by atoms with E-state index in [0.717, 1.165) is 12.8 Å². The van der Waals surface area contributed by atoms with Crippen LogP contribution in [0.3, 0.4) is 0 Å². The number of likely N-dealkylation sites (N-methyl/N-ethyl adjacent to an activating group) is 1. The highest BCUT2D eigenvalue weighted by Crippen LogP contribution is 2.32. The van der Waals surface area contributed by atoms with Crippen molar-refractivity contribution in [3.05, 3.63) is 35.4 Å². The Bertz CT molecular complexity index is 377. The molecule has 4 heteroatoms. The number of hydrogen-bond acceptors (Lipinski definition) is 2. The molecule has 0 aromatic heterocycles. The van der Waals surface area contributed by atoms with Gasteiger partial charge in [0.05, 0.1) is 18.2 Å². The highest BCUT2D eigenvalue weighted by Gasteiger charge is 2.32. The highest BCUT2D eigenvalue weighted by molar-refractivity contribution is 5.24. The molecule has 1 N–H and O–H groups in total. The Morgan fingerprint density at radius 2 is 1.94 bits per heavy atom. The summed E-state index contributed by atoms with van der Waals surface area (Å²) in [5.41, 5.74) is 0.0779. The summed E-state index contributed by atoms with van der Waals surface area (Å²) in [5.74, 6) is -1.04. The minimum atomic E-state index is -0.521. The monoisotopic (exact) mass is 241 g/mol. The fourth-order valence-corrected chi connectivity index (χ4v) is 2.40. The zero-order valence-corrected chi connectivity index (χ0v) is 10.0. The van der Waals surface area contributed by atoms with Crippen molar-refractivity contribution in [2.45, 2.75) is 38.0 Å². The van der Waals surface area contributed by atoms with Gasteiger partial charge in [-0.25, -0.2) is 8.78 Å². The van der Waals surface area contributed by atoms with Gasteiger partial charge in [-0.2, -0.15) is 0 Å². The van der Waals surface area contributed by atoms with Gasteiger partial charge >= 0.3 is 0 Å². The van der Waals surface area contributed by atoms with E-state index >= 15 is 0 Å². The van der Waals surface area contributed by atoms with Crippen LogP contribution in [0.5, 0.6) is 0 Å². The average molecular weight is 241 g/mol. The predicted molar refractivity (Wildman–Crippen MR) is 61.7 cm³/mol. The molecule has 0 aliphatic carbocycles. The molecule has 0 amide bonds. The summed E-state index contributed by atoms with van der Waals surface area (Å²) in [6, 6.07) is 3.50. The lowest BCUT2D eigenvalue weighted by Gasteiger charge is -2.24. The van der Waals surface area contributed by atoms with Gasteiger partial charge in [0, 0.05) is 5.56 Å². The van der Waals surface area contributed by atoms with Gasteiger partial charge < -0.3 is 10.1 Å². The third-order valence-electron chi connectivity index (χ3n) is 3.26. The van der Waals surface area contributed by atoms with Crippen molar-refractivity contribution in [3.8, 4) is 0 Å². The molecule has 0 radical (unpaired) electrons. The van der Waals surface area contributed by atoms with Crippen molar-refractivity contribution < 1.29 is 13.5 Å². The molecule has 2 rings (SSSR count). The topological polar surface area (TPSA) is 21.3 Å². The fraction of sp³-hybridized carbons (Fsp3) is 0.538. The largest absolute Gasteiger partial charge is 0.373 e. The normalized spacial score (nSPS) is 26.1. The van der Waals surface area contributed by atoms with Gasteiger partial charge in [-0.15, -0.1) is 0 Å². The maximum absolute atomic E-state index is 13.7. The van der Waals surface area contributed by atoms with E-state index < -0.39 is 17.7 Å². The first-order valence-corrected chi connectivity index (χ1v) is 5.90. The van der Waals surface area contributed by atoms with Crippen molar-refractivity contribution in [2.75, 3.05) is 7.05 Å². The fourth-order valence-electron chi connectivity index (χ4n) is 2.40. The third-order valence-corrected chi connectivity index (χ3v) is 3.26. The van der Waals surface area contributed by atoms with Gasteiger partial charge in [0.2, 0.25) is 0 Å². The molecule has 0 saturated carbocycles. The Balaban J connectivity index is 2.29. The van der Waals surface area contributed by atoms with Gasteiger partial charge in [0.1, 0.15) is 11.6 Å². The number of nitrogens with one attached hydrogen (secondary N) is 1. The van der Waals surface area contributed by atoms with Crippen molar-refractivity contribution in [1.82, 2.24) is 5.32 Å². The zero-order valence-electron chi connectivity index (χ0n) is 10.0. The lowest BCUT2D eigenvalue weighted by molar-refractivity contribution is 0.0317. The SMILES string of the molecule is CNC(c1c(F)cccc1F)C1CCC(C)O1. The molecule has 2 nitrogen and oxygen atoms in total. The zero-order chi connectivity index (χ0) is 12.4. The first-order valence-electron chi connectivity index (χ1n) is 5.90. The van der Waals surface area contributed by atoms with Crippen LogP contribution in [0.2, 0.25) is 0 Å². The van der Waals surface area contributed by atoms with Gasteiger partial charge in [-0.1, -0.05) is 6.07 Å². The summed E-state index contributed by atoms with van der Waals surface area (Å²) in [6.45, 7) is 1.98. The van der Waals surface area contributed by atoms with E-state index in [1.165, 1.54) is 18.2 Å². The molecule has 1 aliphatic rings. The van der Waals surface area contributed by atoms with Crippen LogP contribution in [0.25, 0.3) is 0 Å². The maximum Gasteiger partial charge on any atom is 0.131 e. The van der Waals surface area contributed by atoms with Crippen LogP contribution < -0.4 is 5.32 Å². The lowest BCUT2D eigenvalue weighted by Crippen LogP contribution is -2.31. The van der Waals surface area contributed by atoms with E-state index in [9.17, 15) is 8.78 Å². The van der Waals surface area contributed by atoms with E-state index in [-0.39, 0.29) is 17.8 Å². The van der Waals surface area contributed by atoms with E-state index in [2.05, 4.69) is 5.32 Å². The van der Waals surface area contributed by atoms with E-state index in [0.29, 0.717) is 0 Å². The molecular formula is C13H17F2NO. The molecule has 1 aliphatic heterocycles. The summed E-state index contributed by atoms with van der Waals surface area (Å²) in [6.07, 6.45) is 1.74. The molecule has 1 fully saturated rings. The molecule has 94 valence electrons. The summed E-state index contributed by atoms with van der Waals surface area (Å²) in [5, 5.41) is 2.96. The maximum atomic E-state index is 13.7. The Labute approximate surface area is 100.0 Å². The van der Waals surface area contributed by atoms with Crippen LogP contribution in [0.15, 0.2) is 18.2 Å². The number of ether oxygens (including phenoxy) is 1. The van der Waals surface area contributed by atoms with Crippen LogP contribution >= 0.6 is 0 Å². The second-order valence-electron chi connectivity index (χ2n) is 4.46. The summed E-state index contributed by atoms with van der Waals surface area (Å²) in [7, 11) is 1.70. The van der Waals surface area contributed by atoms with Gasteiger partial charge in [0.15, 0.2) is 0 Å². The second kappa shape index (κ2) is 5.10.